The Morgan fingerprint density at radius 1 is 1.38 bits per heavy atom. The van der Waals surface area contributed by atoms with Crippen LogP contribution in [0.25, 0.3) is 0 Å². The maximum Gasteiger partial charge on any atom is 0.240 e. The molecular formula is C16H23N3O2. The third kappa shape index (κ3) is 3.04. The predicted molar refractivity (Wildman–Crippen MR) is 83.2 cm³/mol. The summed E-state index contributed by atoms with van der Waals surface area (Å²) in [6.07, 6.45) is 3.80. The molecule has 2 atom stereocenters. The molecule has 1 heterocycles. The Bertz CT molecular complexity index is 503. The highest BCUT2D eigenvalue weighted by Gasteiger charge is 2.36. The Balaban J connectivity index is 1.63. The smallest absolute Gasteiger partial charge is 0.240 e. The number of amides is 1. The van der Waals surface area contributed by atoms with Crippen LogP contribution in [0.3, 0.4) is 0 Å². The van der Waals surface area contributed by atoms with Crippen LogP contribution in [0.5, 0.6) is 0 Å². The highest BCUT2D eigenvalue weighted by atomic mass is 16.5. The zero-order valence-corrected chi connectivity index (χ0v) is 12.5. The lowest BCUT2D eigenvalue weighted by Gasteiger charge is -2.37. The van der Waals surface area contributed by atoms with Crippen LogP contribution in [0.2, 0.25) is 0 Å². The molecule has 1 saturated heterocycles. The molecule has 1 aliphatic carbocycles. The Morgan fingerprint density at radius 3 is 2.90 bits per heavy atom. The molecule has 1 saturated carbocycles. The van der Waals surface area contributed by atoms with Crippen LogP contribution in [-0.2, 0) is 9.53 Å². The molecule has 0 bridgehead atoms. The first-order valence-corrected chi connectivity index (χ1v) is 7.63. The van der Waals surface area contributed by atoms with Gasteiger partial charge in [-0.25, -0.2) is 0 Å². The van der Waals surface area contributed by atoms with Crippen LogP contribution in [0.1, 0.15) is 19.3 Å². The average molecular weight is 289 g/mol. The van der Waals surface area contributed by atoms with E-state index in [1.54, 1.807) is 4.90 Å². The Kier molecular flexibility index (Phi) is 4.12. The van der Waals surface area contributed by atoms with Gasteiger partial charge in [0.25, 0.3) is 0 Å². The number of fused-ring (bicyclic) bond motifs is 1. The van der Waals surface area contributed by atoms with E-state index in [9.17, 15) is 4.79 Å². The van der Waals surface area contributed by atoms with E-state index in [0.29, 0.717) is 24.4 Å². The Labute approximate surface area is 125 Å². The van der Waals surface area contributed by atoms with Crippen molar-refractivity contribution in [3.63, 3.8) is 0 Å². The van der Waals surface area contributed by atoms with Crippen molar-refractivity contribution in [3.8, 4) is 0 Å². The van der Waals surface area contributed by atoms with Crippen molar-refractivity contribution in [2.75, 3.05) is 37.4 Å². The Hall–Kier alpha value is -1.59. The maximum atomic E-state index is 12.5. The van der Waals surface area contributed by atoms with Gasteiger partial charge in [0.05, 0.1) is 19.3 Å². The number of likely N-dealkylation sites (N-methyl/N-ethyl adjacent to an activating group) is 1. The van der Waals surface area contributed by atoms with Crippen LogP contribution in [0.4, 0.5) is 11.4 Å². The van der Waals surface area contributed by atoms with Crippen molar-refractivity contribution >= 4 is 17.3 Å². The molecule has 1 amide bonds. The monoisotopic (exact) mass is 289 g/mol. The van der Waals surface area contributed by atoms with E-state index in [4.69, 9.17) is 10.5 Å². The molecule has 3 rings (SSSR count). The number of hydrogen-bond acceptors (Lipinski definition) is 4. The maximum absolute atomic E-state index is 12.5. The van der Waals surface area contributed by atoms with Gasteiger partial charge in [-0.2, -0.15) is 0 Å². The summed E-state index contributed by atoms with van der Waals surface area (Å²) < 4.78 is 5.79. The number of anilines is 2. The van der Waals surface area contributed by atoms with Crippen molar-refractivity contribution in [1.29, 1.82) is 0 Å². The molecule has 1 aromatic rings. The molecule has 0 aromatic heterocycles. The van der Waals surface area contributed by atoms with Crippen molar-refractivity contribution in [2.24, 2.45) is 0 Å². The van der Waals surface area contributed by atoms with Gasteiger partial charge in [0.1, 0.15) is 0 Å². The molecule has 5 heteroatoms. The number of carbonyl (C=O) groups excluding carboxylic acids is 1. The van der Waals surface area contributed by atoms with Gasteiger partial charge >= 0.3 is 0 Å². The van der Waals surface area contributed by atoms with Gasteiger partial charge in [-0.15, -0.1) is 0 Å². The Morgan fingerprint density at radius 2 is 2.14 bits per heavy atom. The number of hydrogen-bond donors (Lipinski definition) is 1. The fraction of sp³-hybridized carbons (Fsp3) is 0.562. The summed E-state index contributed by atoms with van der Waals surface area (Å²) in [6, 6.07) is 7.82. The minimum absolute atomic E-state index is 0.118. The lowest BCUT2D eigenvalue weighted by molar-refractivity contribution is -0.123. The summed E-state index contributed by atoms with van der Waals surface area (Å²) >= 11 is 0. The quantitative estimate of drug-likeness (QED) is 0.856. The molecule has 5 nitrogen and oxygen atoms in total. The molecule has 2 unspecified atom stereocenters. The molecule has 114 valence electrons. The zero-order chi connectivity index (χ0) is 14.8. The molecular weight excluding hydrogens is 266 g/mol. The summed E-state index contributed by atoms with van der Waals surface area (Å²) in [4.78, 5) is 16.5. The first kappa shape index (κ1) is 14.4. The van der Waals surface area contributed by atoms with Gasteiger partial charge in [0.2, 0.25) is 5.91 Å². The summed E-state index contributed by atoms with van der Waals surface area (Å²) in [5.41, 5.74) is 7.28. The predicted octanol–water partition coefficient (Wildman–Crippen LogP) is 1.48. The van der Waals surface area contributed by atoms with Crippen LogP contribution in [0.15, 0.2) is 24.3 Å². The van der Waals surface area contributed by atoms with E-state index in [-0.39, 0.29) is 5.91 Å². The normalized spacial score (nSPS) is 25.6. The van der Waals surface area contributed by atoms with Crippen molar-refractivity contribution in [1.82, 2.24) is 4.90 Å². The summed E-state index contributed by atoms with van der Waals surface area (Å²) in [5.74, 6) is 0.118. The van der Waals surface area contributed by atoms with Crippen molar-refractivity contribution in [3.05, 3.63) is 24.3 Å². The van der Waals surface area contributed by atoms with Gasteiger partial charge < -0.3 is 15.4 Å². The highest BCUT2D eigenvalue weighted by molar-refractivity contribution is 5.94. The zero-order valence-electron chi connectivity index (χ0n) is 12.5. The van der Waals surface area contributed by atoms with E-state index in [2.05, 4.69) is 4.90 Å². The number of carbonyl (C=O) groups is 1. The number of ether oxygens (including phenoxy) is 1. The third-order valence-corrected chi connectivity index (χ3v) is 4.59. The molecule has 2 fully saturated rings. The van der Waals surface area contributed by atoms with Gasteiger partial charge in [-0.3, -0.25) is 9.69 Å². The summed E-state index contributed by atoms with van der Waals surface area (Å²) in [6.45, 7) is 2.05. The van der Waals surface area contributed by atoms with E-state index in [0.717, 1.165) is 31.7 Å². The van der Waals surface area contributed by atoms with Gasteiger partial charge in [0, 0.05) is 31.0 Å². The molecule has 2 N–H and O–H groups in total. The van der Waals surface area contributed by atoms with Crippen LogP contribution in [-0.4, -0.2) is 49.7 Å². The van der Waals surface area contributed by atoms with Gasteiger partial charge in [0.15, 0.2) is 0 Å². The lowest BCUT2D eigenvalue weighted by atomic mass is 10.1. The van der Waals surface area contributed by atoms with E-state index >= 15 is 0 Å². The lowest BCUT2D eigenvalue weighted by Crippen LogP contribution is -2.52. The second-order valence-corrected chi connectivity index (χ2v) is 5.92. The topological polar surface area (TPSA) is 58.8 Å². The number of rotatable bonds is 3. The standard InChI is InChI=1S/C16H23N3O2/c1-18(13-7-5-12(17)6-8-13)16(20)11-19-9-10-21-15-4-2-3-14(15)19/h5-8,14-15H,2-4,9-11,17H2,1H3. The first-order chi connectivity index (χ1) is 10.1. The SMILES string of the molecule is CN(C(=O)CN1CCOC2CCCC21)c1ccc(N)cc1. The van der Waals surface area contributed by atoms with Gasteiger partial charge in [-0.05, 0) is 43.5 Å². The van der Waals surface area contributed by atoms with Gasteiger partial charge in [-0.1, -0.05) is 0 Å². The largest absolute Gasteiger partial charge is 0.399 e. The second-order valence-electron chi connectivity index (χ2n) is 5.92. The molecule has 0 spiro atoms. The third-order valence-electron chi connectivity index (χ3n) is 4.59. The van der Waals surface area contributed by atoms with Crippen LogP contribution >= 0.6 is 0 Å². The number of benzene rings is 1. The average Bonchev–Trinajstić information content (AvgIpc) is 2.97. The molecule has 1 aromatic carbocycles. The number of nitrogen functional groups attached to an aromatic ring is 1. The number of nitrogens with zero attached hydrogens (tertiary/aromatic N) is 2. The number of nitrogens with two attached hydrogens (primary N) is 1. The minimum Gasteiger partial charge on any atom is -0.399 e. The molecule has 0 radical (unpaired) electrons. The highest BCUT2D eigenvalue weighted by Crippen LogP contribution is 2.29. The number of morpholine rings is 1. The van der Waals surface area contributed by atoms with Crippen molar-refractivity contribution < 1.29 is 9.53 Å². The van der Waals surface area contributed by atoms with E-state index < -0.39 is 0 Å². The first-order valence-electron chi connectivity index (χ1n) is 7.63. The fourth-order valence-electron chi connectivity index (χ4n) is 3.32. The molecule has 1 aliphatic heterocycles. The van der Waals surface area contributed by atoms with Crippen molar-refractivity contribution in [2.45, 2.75) is 31.4 Å². The molecule has 2 aliphatic rings. The fourth-order valence-corrected chi connectivity index (χ4v) is 3.32. The van der Waals surface area contributed by atoms with Crippen LogP contribution < -0.4 is 10.6 Å². The van der Waals surface area contributed by atoms with E-state index in [1.165, 1.54) is 6.42 Å². The second kappa shape index (κ2) is 6.03. The summed E-state index contributed by atoms with van der Waals surface area (Å²) in [7, 11) is 1.82. The minimum atomic E-state index is 0.118. The molecule has 21 heavy (non-hydrogen) atoms. The van der Waals surface area contributed by atoms with E-state index in [1.807, 2.05) is 31.3 Å². The van der Waals surface area contributed by atoms with Crippen LogP contribution in [0, 0.1) is 0 Å². The summed E-state index contributed by atoms with van der Waals surface area (Å²) in [5, 5.41) is 0.